The Balaban J connectivity index is 2.79. The van der Waals surface area contributed by atoms with Crippen molar-refractivity contribution in [3.05, 3.63) is 0 Å². The Labute approximate surface area is 108 Å². The highest BCUT2D eigenvalue weighted by atomic mass is 32.2. The zero-order valence-electron chi connectivity index (χ0n) is 11.2. The van der Waals surface area contributed by atoms with Crippen molar-refractivity contribution in [3.63, 3.8) is 0 Å². The van der Waals surface area contributed by atoms with Crippen LogP contribution in [0.2, 0.25) is 0 Å². The summed E-state index contributed by atoms with van der Waals surface area (Å²) in [4.78, 5) is 25.6. The standard InChI is InChI=1S/C12H22N2O2S/c1-8(17-5)6-14-7-9(15)13-10(11(14)16)12(2,3)4/h8,10H,6-7H2,1-5H3,(H,13,15). The molecule has 0 saturated carbocycles. The number of nitrogens with one attached hydrogen (secondary N) is 1. The molecular weight excluding hydrogens is 236 g/mol. The van der Waals surface area contributed by atoms with Crippen LogP contribution < -0.4 is 5.32 Å². The number of nitrogens with zero attached hydrogens (tertiary/aromatic N) is 1. The van der Waals surface area contributed by atoms with E-state index in [9.17, 15) is 9.59 Å². The summed E-state index contributed by atoms with van der Waals surface area (Å²) in [5, 5.41) is 3.14. The topological polar surface area (TPSA) is 49.4 Å². The Morgan fingerprint density at radius 3 is 2.53 bits per heavy atom. The van der Waals surface area contributed by atoms with Crippen molar-refractivity contribution in [1.82, 2.24) is 10.2 Å². The fraction of sp³-hybridized carbons (Fsp3) is 0.833. The van der Waals surface area contributed by atoms with Gasteiger partial charge in [0.05, 0.1) is 6.54 Å². The molecule has 4 nitrogen and oxygen atoms in total. The molecule has 1 N–H and O–H groups in total. The molecule has 5 heteroatoms. The molecule has 2 amide bonds. The molecular formula is C12H22N2O2S. The third-order valence-corrected chi connectivity index (χ3v) is 3.90. The normalized spacial score (nSPS) is 23.6. The van der Waals surface area contributed by atoms with Crippen LogP contribution in [-0.2, 0) is 9.59 Å². The molecule has 2 atom stereocenters. The zero-order chi connectivity index (χ0) is 13.2. The second-order valence-electron chi connectivity index (χ2n) is 5.63. The first-order valence-electron chi connectivity index (χ1n) is 5.86. The van der Waals surface area contributed by atoms with Gasteiger partial charge < -0.3 is 10.2 Å². The number of thioether (sulfide) groups is 1. The molecule has 17 heavy (non-hydrogen) atoms. The summed E-state index contributed by atoms with van der Waals surface area (Å²) in [7, 11) is 0. The first-order chi connectivity index (χ1) is 7.75. The minimum absolute atomic E-state index is 0.0398. The fourth-order valence-corrected chi connectivity index (χ4v) is 2.16. The van der Waals surface area contributed by atoms with Crippen molar-refractivity contribution in [2.24, 2.45) is 5.41 Å². The average Bonchev–Trinajstić information content (AvgIpc) is 2.21. The Bertz CT molecular complexity index is 312. The average molecular weight is 258 g/mol. The third kappa shape index (κ3) is 3.63. The Morgan fingerprint density at radius 1 is 1.47 bits per heavy atom. The van der Waals surface area contributed by atoms with Crippen molar-refractivity contribution in [2.45, 2.75) is 39.0 Å². The van der Waals surface area contributed by atoms with Crippen molar-refractivity contribution >= 4 is 23.6 Å². The van der Waals surface area contributed by atoms with E-state index in [0.717, 1.165) is 0 Å². The smallest absolute Gasteiger partial charge is 0.246 e. The first-order valence-corrected chi connectivity index (χ1v) is 7.15. The van der Waals surface area contributed by atoms with E-state index in [2.05, 4.69) is 12.2 Å². The number of carbonyl (C=O) groups is 2. The molecule has 2 unspecified atom stereocenters. The molecule has 0 radical (unpaired) electrons. The third-order valence-electron chi connectivity index (χ3n) is 2.94. The SMILES string of the molecule is CSC(C)CN1CC(=O)NC(C(C)(C)C)C1=O. The minimum atomic E-state index is -0.405. The highest BCUT2D eigenvalue weighted by Crippen LogP contribution is 2.23. The van der Waals surface area contributed by atoms with E-state index < -0.39 is 6.04 Å². The van der Waals surface area contributed by atoms with Crippen molar-refractivity contribution in [1.29, 1.82) is 0 Å². The van der Waals surface area contributed by atoms with Gasteiger partial charge >= 0.3 is 0 Å². The first kappa shape index (κ1) is 14.4. The van der Waals surface area contributed by atoms with Gasteiger partial charge in [-0.1, -0.05) is 27.7 Å². The summed E-state index contributed by atoms with van der Waals surface area (Å²) in [6.45, 7) is 8.80. The Morgan fingerprint density at radius 2 is 2.06 bits per heavy atom. The van der Waals surface area contributed by atoms with E-state index in [1.165, 1.54) is 0 Å². The molecule has 0 aliphatic carbocycles. The lowest BCUT2D eigenvalue weighted by atomic mass is 9.85. The molecule has 0 aromatic rings. The van der Waals surface area contributed by atoms with Gasteiger partial charge in [0.1, 0.15) is 6.04 Å². The van der Waals surface area contributed by atoms with Crippen LogP contribution in [0.1, 0.15) is 27.7 Å². The molecule has 1 heterocycles. The zero-order valence-corrected chi connectivity index (χ0v) is 12.1. The maximum absolute atomic E-state index is 12.3. The van der Waals surface area contributed by atoms with Crippen LogP contribution in [0.3, 0.4) is 0 Å². The van der Waals surface area contributed by atoms with E-state index in [0.29, 0.717) is 11.8 Å². The molecule has 1 rings (SSSR count). The van der Waals surface area contributed by atoms with Gasteiger partial charge in [-0.05, 0) is 11.7 Å². The van der Waals surface area contributed by atoms with Gasteiger partial charge in [0.25, 0.3) is 0 Å². The van der Waals surface area contributed by atoms with Crippen molar-refractivity contribution in [3.8, 4) is 0 Å². The Kier molecular flexibility index (Phi) is 4.47. The highest BCUT2D eigenvalue weighted by Gasteiger charge is 2.39. The number of hydrogen-bond acceptors (Lipinski definition) is 3. The van der Waals surface area contributed by atoms with Crippen LogP contribution in [0, 0.1) is 5.41 Å². The Hall–Kier alpha value is -0.710. The van der Waals surface area contributed by atoms with Gasteiger partial charge in [-0.25, -0.2) is 0 Å². The molecule has 1 fully saturated rings. The van der Waals surface area contributed by atoms with E-state index in [1.807, 2.05) is 27.0 Å². The van der Waals surface area contributed by atoms with Crippen LogP contribution in [0.4, 0.5) is 0 Å². The summed E-state index contributed by atoms with van der Waals surface area (Å²) in [5.41, 5.74) is -0.242. The molecule has 0 spiro atoms. The van der Waals surface area contributed by atoms with Crippen molar-refractivity contribution in [2.75, 3.05) is 19.3 Å². The van der Waals surface area contributed by atoms with Crippen LogP contribution in [0.15, 0.2) is 0 Å². The fourth-order valence-electron chi connectivity index (χ4n) is 1.83. The van der Waals surface area contributed by atoms with E-state index in [4.69, 9.17) is 0 Å². The summed E-state index contributed by atoms with van der Waals surface area (Å²) in [6, 6.07) is -0.405. The van der Waals surface area contributed by atoms with Crippen LogP contribution in [-0.4, -0.2) is 47.4 Å². The second-order valence-corrected chi connectivity index (χ2v) is 6.91. The predicted octanol–water partition coefficient (Wildman–Crippen LogP) is 1.11. The minimum Gasteiger partial charge on any atom is -0.342 e. The largest absolute Gasteiger partial charge is 0.342 e. The number of hydrogen-bond donors (Lipinski definition) is 1. The number of piperazine rings is 1. The van der Waals surface area contributed by atoms with Gasteiger partial charge in [0, 0.05) is 11.8 Å². The molecule has 0 bridgehead atoms. The monoisotopic (exact) mass is 258 g/mol. The number of amides is 2. The second kappa shape index (κ2) is 5.29. The summed E-state index contributed by atoms with van der Waals surface area (Å²) < 4.78 is 0. The quantitative estimate of drug-likeness (QED) is 0.825. The maximum Gasteiger partial charge on any atom is 0.246 e. The van der Waals surface area contributed by atoms with Gasteiger partial charge in [-0.15, -0.1) is 0 Å². The van der Waals surface area contributed by atoms with Gasteiger partial charge in [-0.3, -0.25) is 9.59 Å². The number of rotatable bonds is 3. The maximum atomic E-state index is 12.3. The predicted molar refractivity (Wildman–Crippen MR) is 70.9 cm³/mol. The molecule has 1 aliphatic rings. The van der Waals surface area contributed by atoms with Gasteiger partial charge in [0.2, 0.25) is 11.8 Å². The van der Waals surface area contributed by atoms with Crippen molar-refractivity contribution < 1.29 is 9.59 Å². The van der Waals surface area contributed by atoms with Crippen LogP contribution in [0.5, 0.6) is 0 Å². The molecule has 1 aliphatic heterocycles. The molecule has 1 saturated heterocycles. The van der Waals surface area contributed by atoms with E-state index in [-0.39, 0.29) is 23.8 Å². The van der Waals surface area contributed by atoms with Crippen LogP contribution in [0.25, 0.3) is 0 Å². The lowest BCUT2D eigenvalue weighted by Crippen LogP contribution is -2.62. The summed E-state index contributed by atoms with van der Waals surface area (Å²) in [6.07, 6.45) is 2.01. The molecule has 0 aromatic carbocycles. The summed E-state index contributed by atoms with van der Waals surface area (Å²) >= 11 is 1.70. The van der Waals surface area contributed by atoms with Gasteiger partial charge in [0.15, 0.2) is 0 Å². The van der Waals surface area contributed by atoms with E-state index >= 15 is 0 Å². The summed E-state index contributed by atoms with van der Waals surface area (Å²) in [5.74, 6) is -0.0178. The lowest BCUT2D eigenvalue weighted by Gasteiger charge is -2.39. The van der Waals surface area contributed by atoms with E-state index in [1.54, 1.807) is 16.7 Å². The molecule has 98 valence electrons. The van der Waals surface area contributed by atoms with Gasteiger partial charge in [-0.2, -0.15) is 11.8 Å². The lowest BCUT2D eigenvalue weighted by molar-refractivity contribution is -0.147. The number of carbonyl (C=O) groups excluding carboxylic acids is 2. The van der Waals surface area contributed by atoms with Crippen LogP contribution >= 0.6 is 11.8 Å². The highest BCUT2D eigenvalue weighted by molar-refractivity contribution is 7.99. The molecule has 0 aromatic heterocycles.